The lowest BCUT2D eigenvalue weighted by atomic mass is 9.99. The molecule has 1 heteroatoms. The minimum atomic E-state index is 0.300. The smallest absolute Gasteiger partial charge is 0.165 e. The van der Waals surface area contributed by atoms with E-state index in [0.717, 1.165) is 24.8 Å². The van der Waals surface area contributed by atoms with Crippen LogP contribution < -0.4 is 0 Å². The zero-order valence-electron chi connectivity index (χ0n) is 11.9. The van der Waals surface area contributed by atoms with E-state index < -0.39 is 0 Å². The number of rotatable bonds is 5. The van der Waals surface area contributed by atoms with Gasteiger partial charge >= 0.3 is 0 Å². The van der Waals surface area contributed by atoms with Crippen molar-refractivity contribution in [1.82, 2.24) is 0 Å². The summed E-state index contributed by atoms with van der Waals surface area (Å²) in [4.78, 5) is 12.0. The van der Waals surface area contributed by atoms with Crippen LogP contribution in [0.1, 0.15) is 42.1 Å². The van der Waals surface area contributed by atoms with Crippen LogP contribution in [-0.4, -0.2) is 5.78 Å². The number of carbonyl (C=O) groups is 1. The molecule has 20 heavy (non-hydrogen) atoms. The van der Waals surface area contributed by atoms with E-state index in [4.69, 9.17) is 0 Å². The van der Waals surface area contributed by atoms with Crippen LogP contribution in [0.25, 0.3) is 11.1 Å². The molecule has 102 valence electrons. The van der Waals surface area contributed by atoms with Crippen molar-refractivity contribution in [2.24, 2.45) is 5.92 Å². The van der Waals surface area contributed by atoms with E-state index in [9.17, 15) is 4.79 Å². The molecule has 2 aromatic rings. The van der Waals surface area contributed by atoms with Gasteiger partial charge in [0.1, 0.15) is 0 Å². The Kier molecular flexibility index (Phi) is 3.68. The Hall–Kier alpha value is -1.89. The van der Waals surface area contributed by atoms with Crippen LogP contribution >= 0.6 is 0 Å². The molecule has 1 fully saturated rings. The van der Waals surface area contributed by atoms with Crippen molar-refractivity contribution in [2.45, 2.75) is 32.6 Å². The van der Waals surface area contributed by atoms with Crippen molar-refractivity contribution in [1.29, 1.82) is 0 Å². The Morgan fingerprint density at radius 1 is 0.950 bits per heavy atom. The Morgan fingerprint density at radius 3 is 2.00 bits per heavy atom. The minimum Gasteiger partial charge on any atom is -0.294 e. The number of Topliss-reactive ketones (excluding diaryl/α,β-unsaturated/α-hetero) is 1. The highest BCUT2D eigenvalue weighted by atomic mass is 16.1. The van der Waals surface area contributed by atoms with E-state index in [2.05, 4.69) is 43.3 Å². The van der Waals surface area contributed by atoms with Crippen LogP contribution in [0.4, 0.5) is 0 Å². The Morgan fingerprint density at radius 2 is 1.50 bits per heavy atom. The van der Waals surface area contributed by atoms with Crippen molar-refractivity contribution in [3.8, 4) is 11.1 Å². The van der Waals surface area contributed by atoms with Gasteiger partial charge in [0.15, 0.2) is 5.78 Å². The first-order valence-corrected chi connectivity index (χ1v) is 7.51. The second-order valence-corrected chi connectivity index (χ2v) is 5.66. The molecule has 3 rings (SSSR count). The topological polar surface area (TPSA) is 17.1 Å². The summed E-state index contributed by atoms with van der Waals surface area (Å²) in [5.74, 6) is 0.615. The van der Waals surface area contributed by atoms with Gasteiger partial charge in [-0.3, -0.25) is 4.79 Å². The third-order valence-electron chi connectivity index (χ3n) is 3.94. The predicted octanol–water partition coefficient (Wildman–Crippen LogP) is 4.90. The van der Waals surface area contributed by atoms with Crippen LogP contribution in [0.5, 0.6) is 0 Å². The van der Waals surface area contributed by atoms with E-state index in [1.54, 1.807) is 0 Å². The molecule has 0 unspecified atom stereocenters. The average molecular weight is 264 g/mol. The van der Waals surface area contributed by atoms with Gasteiger partial charge in [0.2, 0.25) is 0 Å². The lowest BCUT2D eigenvalue weighted by molar-refractivity contribution is 0.0967. The SMILES string of the molecule is CCCc1ccc(-c2ccc(C(=O)C3CC3)cc2)cc1. The second kappa shape index (κ2) is 5.62. The molecule has 1 aliphatic carbocycles. The summed E-state index contributed by atoms with van der Waals surface area (Å²) in [6, 6.07) is 16.8. The lowest BCUT2D eigenvalue weighted by Gasteiger charge is -2.05. The first-order chi connectivity index (χ1) is 9.78. The van der Waals surface area contributed by atoms with Crippen molar-refractivity contribution in [3.63, 3.8) is 0 Å². The molecule has 1 saturated carbocycles. The zero-order chi connectivity index (χ0) is 13.9. The largest absolute Gasteiger partial charge is 0.294 e. The summed E-state index contributed by atoms with van der Waals surface area (Å²) >= 11 is 0. The highest BCUT2D eigenvalue weighted by Gasteiger charge is 2.30. The summed E-state index contributed by atoms with van der Waals surface area (Å²) in [5, 5.41) is 0. The van der Waals surface area contributed by atoms with Crippen LogP contribution in [0.2, 0.25) is 0 Å². The molecule has 0 spiro atoms. The summed E-state index contributed by atoms with van der Waals surface area (Å²) < 4.78 is 0. The number of hydrogen-bond acceptors (Lipinski definition) is 1. The summed E-state index contributed by atoms with van der Waals surface area (Å²) in [6.07, 6.45) is 4.45. The van der Waals surface area contributed by atoms with Crippen LogP contribution in [-0.2, 0) is 6.42 Å². The quantitative estimate of drug-likeness (QED) is 0.702. The fraction of sp³-hybridized carbons (Fsp3) is 0.316. The average Bonchev–Trinajstić information content (AvgIpc) is 3.33. The highest BCUT2D eigenvalue weighted by molar-refractivity contribution is 5.99. The maximum absolute atomic E-state index is 12.0. The monoisotopic (exact) mass is 264 g/mol. The first-order valence-electron chi connectivity index (χ1n) is 7.51. The van der Waals surface area contributed by atoms with E-state index in [0.29, 0.717) is 11.7 Å². The highest BCUT2D eigenvalue weighted by Crippen LogP contribution is 2.33. The molecule has 0 aliphatic heterocycles. The van der Waals surface area contributed by atoms with Crippen molar-refractivity contribution in [3.05, 3.63) is 59.7 Å². The molecule has 0 amide bonds. The normalized spacial score (nSPS) is 14.2. The maximum Gasteiger partial charge on any atom is 0.165 e. The third-order valence-corrected chi connectivity index (χ3v) is 3.94. The molecule has 1 nitrogen and oxygen atoms in total. The molecular weight excluding hydrogens is 244 g/mol. The van der Waals surface area contributed by atoms with Gasteiger partial charge in [0, 0.05) is 11.5 Å². The standard InChI is InChI=1S/C19H20O/c1-2-3-14-4-6-15(7-5-14)16-8-10-17(11-9-16)19(20)18-12-13-18/h4-11,18H,2-3,12-13H2,1H3. The van der Waals surface area contributed by atoms with Gasteiger partial charge in [-0.25, -0.2) is 0 Å². The van der Waals surface area contributed by atoms with Crippen LogP contribution in [0.15, 0.2) is 48.5 Å². The summed E-state index contributed by atoms with van der Waals surface area (Å²) in [6.45, 7) is 2.20. The second-order valence-electron chi connectivity index (χ2n) is 5.66. The van der Waals surface area contributed by atoms with Crippen molar-refractivity contribution < 1.29 is 4.79 Å². The van der Waals surface area contributed by atoms with E-state index >= 15 is 0 Å². The number of aryl methyl sites for hydroxylation is 1. The molecule has 0 N–H and O–H groups in total. The van der Waals surface area contributed by atoms with Gasteiger partial charge in [-0.15, -0.1) is 0 Å². The maximum atomic E-state index is 12.0. The molecule has 0 saturated heterocycles. The van der Waals surface area contributed by atoms with Crippen LogP contribution in [0, 0.1) is 5.92 Å². The Bertz CT molecular complexity index is 589. The summed E-state index contributed by atoms with van der Waals surface area (Å²) in [5.41, 5.74) is 4.64. The van der Waals surface area contributed by atoms with Gasteiger partial charge in [0.25, 0.3) is 0 Å². The Labute approximate surface area is 120 Å². The predicted molar refractivity (Wildman–Crippen MR) is 82.9 cm³/mol. The van der Waals surface area contributed by atoms with Gasteiger partial charge in [-0.2, -0.15) is 0 Å². The molecule has 2 aromatic carbocycles. The van der Waals surface area contributed by atoms with E-state index in [-0.39, 0.29) is 0 Å². The molecule has 0 atom stereocenters. The molecule has 0 heterocycles. The molecule has 0 aromatic heterocycles. The molecule has 1 aliphatic rings. The summed E-state index contributed by atoms with van der Waals surface area (Å²) in [7, 11) is 0. The van der Waals surface area contributed by atoms with Crippen LogP contribution in [0.3, 0.4) is 0 Å². The third kappa shape index (κ3) is 2.82. The zero-order valence-corrected chi connectivity index (χ0v) is 11.9. The number of benzene rings is 2. The molecule has 0 bridgehead atoms. The van der Waals surface area contributed by atoms with Gasteiger partial charge in [-0.05, 0) is 36.0 Å². The van der Waals surface area contributed by atoms with Gasteiger partial charge in [-0.1, -0.05) is 61.9 Å². The number of ketones is 1. The lowest BCUT2D eigenvalue weighted by Crippen LogP contribution is -2.00. The van der Waals surface area contributed by atoms with Crippen molar-refractivity contribution in [2.75, 3.05) is 0 Å². The minimum absolute atomic E-state index is 0.300. The van der Waals surface area contributed by atoms with Gasteiger partial charge in [0.05, 0.1) is 0 Å². The Balaban J connectivity index is 1.77. The fourth-order valence-corrected chi connectivity index (χ4v) is 2.56. The van der Waals surface area contributed by atoms with Crippen molar-refractivity contribution >= 4 is 5.78 Å². The molecular formula is C19H20O. The van der Waals surface area contributed by atoms with E-state index in [1.165, 1.54) is 23.1 Å². The first kappa shape index (κ1) is 13.1. The number of hydrogen-bond donors (Lipinski definition) is 0. The van der Waals surface area contributed by atoms with E-state index in [1.807, 2.05) is 12.1 Å². The van der Waals surface area contributed by atoms with Gasteiger partial charge < -0.3 is 0 Å². The molecule has 0 radical (unpaired) electrons. The number of carbonyl (C=O) groups excluding carboxylic acids is 1. The fourth-order valence-electron chi connectivity index (χ4n) is 2.56.